The molecular formula is C22H35N. The van der Waals surface area contributed by atoms with Gasteiger partial charge in [-0.05, 0) is 43.6 Å². The first kappa shape index (κ1) is 19.5. The first-order chi connectivity index (χ1) is 10.9. The van der Waals surface area contributed by atoms with E-state index in [1.807, 2.05) is 0 Å². The van der Waals surface area contributed by atoms with Gasteiger partial charge in [-0.3, -0.25) is 0 Å². The lowest BCUT2D eigenvalue weighted by atomic mass is 9.91. The van der Waals surface area contributed by atoms with Gasteiger partial charge in [-0.2, -0.15) is 0 Å². The van der Waals surface area contributed by atoms with Gasteiger partial charge in [0, 0.05) is 12.7 Å². The predicted octanol–water partition coefficient (Wildman–Crippen LogP) is 6.08. The molecule has 1 aromatic carbocycles. The fourth-order valence-electron chi connectivity index (χ4n) is 3.33. The summed E-state index contributed by atoms with van der Waals surface area (Å²) in [4.78, 5) is 2.35. The smallest absolute Gasteiger partial charge is 0.0516 e. The Kier molecular flexibility index (Phi) is 8.16. The molecule has 0 saturated heterocycles. The Morgan fingerprint density at radius 1 is 1.13 bits per heavy atom. The fourth-order valence-corrected chi connectivity index (χ4v) is 3.33. The first-order valence-electron chi connectivity index (χ1n) is 8.96. The van der Waals surface area contributed by atoms with Crippen molar-refractivity contribution < 1.29 is 0 Å². The molecule has 0 aromatic heterocycles. The minimum Gasteiger partial charge on any atom is -0.371 e. The Morgan fingerprint density at radius 2 is 1.74 bits per heavy atom. The van der Waals surface area contributed by atoms with E-state index in [2.05, 4.69) is 83.1 Å². The van der Waals surface area contributed by atoms with Gasteiger partial charge in [0.05, 0.1) is 6.04 Å². The van der Waals surface area contributed by atoms with Crippen LogP contribution in [0.4, 0.5) is 0 Å². The highest BCUT2D eigenvalue weighted by Crippen LogP contribution is 2.25. The lowest BCUT2D eigenvalue weighted by molar-refractivity contribution is 0.248. The van der Waals surface area contributed by atoms with Gasteiger partial charge in [0.25, 0.3) is 0 Å². The van der Waals surface area contributed by atoms with E-state index in [-0.39, 0.29) is 0 Å². The molecule has 0 aliphatic heterocycles. The van der Waals surface area contributed by atoms with Crippen LogP contribution >= 0.6 is 0 Å². The molecule has 0 aliphatic rings. The van der Waals surface area contributed by atoms with Gasteiger partial charge >= 0.3 is 0 Å². The SMILES string of the molecule is C=C(C)C([C@@H](C)CC)N(C)C(=C)CCC(C)Cc1ccccc1. The molecule has 0 N–H and O–H groups in total. The largest absolute Gasteiger partial charge is 0.371 e. The molecule has 2 unspecified atom stereocenters. The number of hydrogen-bond donors (Lipinski definition) is 0. The zero-order chi connectivity index (χ0) is 17.4. The van der Waals surface area contributed by atoms with Gasteiger partial charge in [0.2, 0.25) is 0 Å². The maximum Gasteiger partial charge on any atom is 0.0516 e. The van der Waals surface area contributed by atoms with Crippen LogP contribution in [0.2, 0.25) is 0 Å². The first-order valence-corrected chi connectivity index (χ1v) is 8.96. The molecule has 1 heteroatoms. The molecule has 0 bridgehead atoms. The quantitative estimate of drug-likeness (QED) is 0.473. The molecule has 1 aromatic rings. The van der Waals surface area contributed by atoms with Crippen LogP contribution in [0, 0.1) is 11.8 Å². The second-order valence-electron chi connectivity index (χ2n) is 7.19. The number of rotatable bonds is 10. The van der Waals surface area contributed by atoms with E-state index in [0.29, 0.717) is 17.9 Å². The van der Waals surface area contributed by atoms with Crippen LogP contribution < -0.4 is 0 Å². The van der Waals surface area contributed by atoms with Crippen LogP contribution in [0.1, 0.15) is 52.5 Å². The molecule has 0 heterocycles. The highest BCUT2D eigenvalue weighted by molar-refractivity contribution is 5.15. The topological polar surface area (TPSA) is 3.24 Å². The summed E-state index contributed by atoms with van der Waals surface area (Å²) >= 11 is 0. The molecule has 0 spiro atoms. The van der Waals surface area contributed by atoms with Crippen LogP contribution in [0.25, 0.3) is 0 Å². The maximum absolute atomic E-state index is 4.34. The number of likely N-dealkylation sites (N-methyl/N-ethyl adjacent to an activating group) is 1. The Hall–Kier alpha value is -1.50. The summed E-state index contributed by atoms with van der Waals surface area (Å²) in [7, 11) is 2.18. The summed E-state index contributed by atoms with van der Waals surface area (Å²) in [5.74, 6) is 1.28. The van der Waals surface area contributed by atoms with Gasteiger partial charge < -0.3 is 4.90 Å². The van der Waals surface area contributed by atoms with Crippen LogP contribution in [-0.2, 0) is 6.42 Å². The van der Waals surface area contributed by atoms with E-state index in [0.717, 1.165) is 12.8 Å². The lowest BCUT2D eigenvalue weighted by Crippen LogP contribution is -2.36. The average Bonchev–Trinajstić information content (AvgIpc) is 2.53. The standard InChI is InChI=1S/C22H35N/c1-8-19(5)22(17(2)3)23(7)20(6)15-14-18(4)16-21-12-10-9-11-13-21/h9-13,18-19,22H,2,6,8,14-16H2,1,3-5,7H3/t18?,19-,22?/m0/s1. The van der Waals surface area contributed by atoms with E-state index >= 15 is 0 Å². The van der Waals surface area contributed by atoms with Crippen molar-refractivity contribution in [2.24, 2.45) is 11.8 Å². The number of benzene rings is 1. The lowest BCUT2D eigenvalue weighted by Gasteiger charge is -2.36. The third-order valence-corrected chi connectivity index (χ3v) is 4.96. The molecule has 0 aliphatic carbocycles. The molecule has 1 rings (SSSR count). The van der Waals surface area contributed by atoms with Gasteiger partial charge in [0.1, 0.15) is 0 Å². The molecule has 23 heavy (non-hydrogen) atoms. The monoisotopic (exact) mass is 313 g/mol. The predicted molar refractivity (Wildman–Crippen MR) is 104 cm³/mol. The molecule has 0 radical (unpaired) electrons. The Bertz CT molecular complexity index is 488. The summed E-state index contributed by atoms with van der Waals surface area (Å²) in [6, 6.07) is 11.2. The molecular weight excluding hydrogens is 278 g/mol. The number of allylic oxidation sites excluding steroid dienone is 1. The summed E-state index contributed by atoms with van der Waals surface area (Å²) in [6.45, 7) is 17.6. The van der Waals surface area contributed by atoms with Crippen molar-refractivity contribution in [2.75, 3.05) is 7.05 Å². The van der Waals surface area contributed by atoms with Gasteiger partial charge in [0.15, 0.2) is 0 Å². The fraction of sp³-hybridized carbons (Fsp3) is 0.545. The summed E-state index contributed by atoms with van der Waals surface area (Å²) in [5.41, 5.74) is 3.90. The summed E-state index contributed by atoms with van der Waals surface area (Å²) < 4.78 is 0. The molecule has 128 valence electrons. The van der Waals surface area contributed by atoms with Crippen molar-refractivity contribution >= 4 is 0 Å². The van der Waals surface area contributed by atoms with Crippen molar-refractivity contribution in [3.05, 3.63) is 60.3 Å². The molecule has 3 atom stereocenters. The zero-order valence-electron chi connectivity index (χ0n) is 15.8. The van der Waals surface area contributed by atoms with E-state index < -0.39 is 0 Å². The van der Waals surface area contributed by atoms with Crippen LogP contribution in [0.3, 0.4) is 0 Å². The molecule has 1 nitrogen and oxygen atoms in total. The van der Waals surface area contributed by atoms with Crippen molar-refractivity contribution in [1.82, 2.24) is 4.90 Å². The van der Waals surface area contributed by atoms with Crippen molar-refractivity contribution in [2.45, 2.75) is 59.4 Å². The number of nitrogens with zero attached hydrogens (tertiary/aromatic N) is 1. The van der Waals surface area contributed by atoms with Crippen LogP contribution in [0.15, 0.2) is 54.8 Å². The minimum atomic E-state index is 0.400. The van der Waals surface area contributed by atoms with Crippen molar-refractivity contribution in [1.29, 1.82) is 0 Å². The van der Waals surface area contributed by atoms with Crippen molar-refractivity contribution in [3.63, 3.8) is 0 Å². The van der Waals surface area contributed by atoms with E-state index in [9.17, 15) is 0 Å². The molecule has 0 amide bonds. The van der Waals surface area contributed by atoms with Crippen LogP contribution in [0.5, 0.6) is 0 Å². The van der Waals surface area contributed by atoms with Crippen molar-refractivity contribution in [3.8, 4) is 0 Å². The summed E-state index contributed by atoms with van der Waals surface area (Å²) in [6.07, 6.45) is 4.55. The third kappa shape index (κ3) is 6.25. The second-order valence-corrected chi connectivity index (χ2v) is 7.19. The zero-order valence-corrected chi connectivity index (χ0v) is 15.8. The normalized spacial score (nSPS) is 14.8. The molecule has 0 fully saturated rings. The highest BCUT2D eigenvalue weighted by Gasteiger charge is 2.22. The van der Waals surface area contributed by atoms with Gasteiger partial charge in [-0.1, -0.05) is 76.3 Å². The Balaban J connectivity index is 2.52. The van der Waals surface area contributed by atoms with Gasteiger partial charge in [-0.25, -0.2) is 0 Å². The Labute approximate surface area is 144 Å². The van der Waals surface area contributed by atoms with E-state index in [1.54, 1.807) is 0 Å². The van der Waals surface area contributed by atoms with Gasteiger partial charge in [-0.15, -0.1) is 0 Å². The van der Waals surface area contributed by atoms with E-state index in [4.69, 9.17) is 0 Å². The maximum atomic E-state index is 4.34. The average molecular weight is 314 g/mol. The minimum absolute atomic E-state index is 0.400. The van der Waals surface area contributed by atoms with E-state index in [1.165, 1.54) is 29.7 Å². The van der Waals surface area contributed by atoms with Crippen LogP contribution in [-0.4, -0.2) is 18.0 Å². The second kappa shape index (κ2) is 9.60. The number of hydrogen-bond acceptors (Lipinski definition) is 1. The summed E-state index contributed by atoms with van der Waals surface area (Å²) in [5, 5.41) is 0. The Morgan fingerprint density at radius 3 is 2.26 bits per heavy atom. The third-order valence-electron chi connectivity index (χ3n) is 4.96. The highest BCUT2D eigenvalue weighted by atomic mass is 15.1. The molecule has 0 saturated carbocycles.